The van der Waals surface area contributed by atoms with Gasteiger partial charge in [-0.3, -0.25) is 9.88 Å². The maximum atomic E-state index is 13.1. The van der Waals surface area contributed by atoms with E-state index in [2.05, 4.69) is 19.2 Å². The molecule has 0 radical (unpaired) electrons. The molecule has 0 saturated heterocycles. The predicted octanol–water partition coefficient (Wildman–Crippen LogP) is 5.18. The van der Waals surface area contributed by atoms with Crippen LogP contribution in [0, 0.1) is 5.92 Å². The number of benzene rings is 2. The first-order valence-corrected chi connectivity index (χ1v) is 10.6. The summed E-state index contributed by atoms with van der Waals surface area (Å²) in [5.74, 6) is -0.284. The van der Waals surface area contributed by atoms with Gasteiger partial charge in [0.05, 0.1) is 0 Å². The Kier molecular flexibility index (Phi) is 7.23. The van der Waals surface area contributed by atoms with Crippen molar-refractivity contribution in [2.45, 2.75) is 39.0 Å². The Morgan fingerprint density at radius 1 is 1.04 bits per heavy atom. The summed E-state index contributed by atoms with van der Waals surface area (Å²) in [6.07, 6.45) is 2.36. The number of hydrogen-bond donors (Lipinski definition) is 2. The second kappa shape index (κ2) is 9.17. The zero-order valence-corrected chi connectivity index (χ0v) is 15.5. The lowest BCUT2D eigenvalue weighted by molar-refractivity contribution is 0.431. The molecule has 2 rings (SSSR count). The minimum absolute atomic E-state index is 0.246. The number of hydrogen-bond acceptors (Lipinski definition) is 2. The molecular formula is C20H28NO2P. The average Bonchev–Trinajstić information content (AvgIpc) is 2.56. The Balaban J connectivity index is 2.17. The average molecular weight is 345 g/mol. The molecule has 0 aliphatic carbocycles. The standard InChI is InChI=1S/C20H28NO2P/c1-3-10-17(2)16-24(22,23)20(19-13-8-5-9-14-19)21-15-18-11-6-4-7-12-18/h4-9,11-14,17,20-21H,3,10,15-16H2,1-2H3,(H,22,23). The van der Waals surface area contributed by atoms with Gasteiger partial charge in [-0.05, 0) is 17.0 Å². The van der Waals surface area contributed by atoms with Crippen LogP contribution in [0.1, 0.15) is 43.6 Å². The molecule has 3 atom stereocenters. The summed E-state index contributed by atoms with van der Waals surface area (Å²) in [5, 5.41) is 3.33. The molecule has 0 aliphatic heterocycles. The van der Waals surface area contributed by atoms with Crippen LogP contribution in [0.3, 0.4) is 0 Å². The van der Waals surface area contributed by atoms with Crippen molar-refractivity contribution in [2.75, 3.05) is 6.16 Å². The monoisotopic (exact) mass is 345 g/mol. The van der Waals surface area contributed by atoms with Crippen LogP contribution in [0.4, 0.5) is 0 Å². The first-order valence-electron chi connectivity index (χ1n) is 8.66. The van der Waals surface area contributed by atoms with E-state index in [1.807, 2.05) is 60.7 Å². The van der Waals surface area contributed by atoms with Crippen LogP contribution in [0.2, 0.25) is 0 Å². The van der Waals surface area contributed by atoms with Gasteiger partial charge in [-0.1, -0.05) is 87.4 Å². The molecule has 2 N–H and O–H groups in total. The predicted molar refractivity (Wildman–Crippen MR) is 101 cm³/mol. The third-order valence-corrected chi connectivity index (χ3v) is 6.65. The molecule has 24 heavy (non-hydrogen) atoms. The first kappa shape index (κ1) is 18.9. The van der Waals surface area contributed by atoms with E-state index in [-0.39, 0.29) is 5.92 Å². The van der Waals surface area contributed by atoms with Crippen LogP contribution in [-0.4, -0.2) is 11.1 Å². The molecule has 0 fully saturated rings. The summed E-state index contributed by atoms with van der Waals surface area (Å²) in [7, 11) is -3.36. The summed E-state index contributed by atoms with van der Waals surface area (Å²) in [6, 6.07) is 19.6. The SMILES string of the molecule is CCCC(C)CP(=O)(O)C(NCc1ccccc1)c1ccccc1. The smallest absolute Gasteiger partial charge is 0.221 e. The van der Waals surface area contributed by atoms with Crippen LogP contribution in [0.5, 0.6) is 0 Å². The summed E-state index contributed by atoms with van der Waals surface area (Å²) >= 11 is 0. The molecule has 3 nitrogen and oxygen atoms in total. The Bertz CT molecular complexity index is 645. The molecular weight excluding hydrogens is 317 g/mol. The van der Waals surface area contributed by atoms with E-state index in [1.165, 1.54) is 0 Å². The van der Waals surface area contributed by atoms with E-state index in [9.17, 15) is 9.46 Å². The highest BCUT2D eigenvalue weighted by Gasteiger charge is 2.33. The molecule has 3 unspecified atom stereocenters. The number of rotatable bonds is 9. The van der Waals surface area contributed by atoms with Crippen LogP contribution in [-0.2, 0) is 11.1 Å². The van der Waals surface area contributed by atoms with E-state index >= 15 is 0 Å². The molecule has 130 valence electrons. The second-order valence-electron chi connectivity index (χ2n) is 6.51. The Morgan fingerprint density at radius 2 is 1.62 bits per heavy atom. The largest absolute Gasteiger partial charge is 0.343 e. The highest BCUT2D eigenvalue weighted by Crippen LogP contribution is 2.55. The van der Waals surface area contributed by atoms with Crippen molar-refractivity contribution in [1.29, 1.82) is 0 Å². The minimum Gasteiger partial charge on any atom is -0.343 e. The molecule has 0 amide bonds. The van der Waals surface area contributed by atoms with Crippen molar-refractivity contribution >= 4 is 7.37 Å². The fourth-order valence-corrected chi connectivity index (χ4v) is 5.38. The maximum Gasteiger partial charge on any atom is 0.221 e. The van der Waals surface area contributed by atoms with E-state index in [0.29, 0.717) is 12.7 Å². The molecule has 0 bridgehead atoms. The van der Waals surface area contributed by atoms with Gasteiger partial charge in [0, 0.05) is 12.7 Å². The lowest BCUT2D eigenvalue weighted by atomic mass is 10.1. The fraction of sp³-hybridized carbons (Fsp3) is 0.400. The molecule has 2 aromatic rings. The van der Waals surface area contributed by atoms with Gasteiger partial charge in [-0.15, -0.1) is 0 Å². The molecule has 0 saturated carbocycles. The zero-order valence-electron chi connectivity index (χ0n) is 14.6. The molecule has 0 aromatic heterocycles. The molecule has 0 aliphatic rings. The Morgan fingerprint density at radius 3 is 2.21 bits per heavy atom. The van der Waals surface area contributed by atoms with Crippen molar-refractivity contribution in [2.24, 2.45) is 5.92 Å². The Labute approximate surface area is 145 Å². The van der Waals surface area contributed by atoms with Crippen molar-refractivity contribution in [3.8, 4) is 0 Å². The van der Waals surface area contributed by atoms with Gasteiger partial charge in [0.15, 0.2) is 0 Å². The van der Waals surface area contributed by atoms with Crippen LogP contribution in [0.25, 0.3) is 0 Å². The van der Waals surface area contributed by atoms with E-state index < -0.39 is 13.2 Å². The van der Waals surface area contributed by atoms with Crippen molar-refractivity contribution in [3.05, 3.63) is 71.8 Å². The number of nitrogens with one attached hydrogen (secondary N) is 1. The van der Waals surface area contributed by atoms with Crippen LogP contribution < -0.4 is 5.32 Å². The van der Waals surface area contributed by atoms with Gasteiger partial charge < -0.3 is 4.89 Å². The van der Waals surface area contributed by atoms with Gasteiger partial charge in [0.25, 0.3) is 0 Å². The first-order chi connectivity index (χ1) is 11.5. The quantitative estimate of drug-likeness (QED) is 0.616. The van der Waals surface area contributed by atoms with E-state index in [4.69, 9.17) is 0 Å². The highest BCUT2D eigenvalue weighted by atomic mass is 31.2. The zero-order chi connectivity index (χ0) is 17.4. The molecule has 0 spiro atoms. The maximum absolute atomic E-state index is 13.1. The van der Waals surface area contributed by atoms with E-state index in [0.717, 1.165) is 24.0 Å². The molecule has 0 heterocycles. The van der Waals surface area contributed by atoms with Crippen molar-refractivity contribution in [1.82, 2.24) is 5.32 Å². The van der Waals surface area contributed by atoms with Crippen molar-refractivity contribution < 1.29 is 9.46 Å². The Hall–Kier alpha value is -1.41. The highest BCUT2D eigenvalue weighted by molar-refractivity contribution is 7.58. The van der Waals surface area contributed by atoms with Gasteiger partial charge in [-0.25, -0.2) is 0 Å². The molecule has 2 aromatic carbocycles. The minimum atomic E-state index is -3.36. The molecule has 4 heteroatoms. The van der Waals surface area contributed by atoms with Crippen LogP contribution >= 0.6 is 7.37 Å². The van der Waals surface area contributed by atoms with Crippen molar-refractivity contribution in [3.63, 3.8) is 0 Å². The summed E-state index contributed by atoms with van der Waals surface area (Å²) in [5.41, 5.74) is 1.99. The summed E-state index contributed by atoms with van der Waals surface area (Å²) < 4.78 is 13.1. The van der Waals surface area contributed by atoms with Gasteiger partial charge in [-0.2, -0.15) is 0 Å². The third kappa shape index (κ3) is 5.59. The summed E-state index contributed by atoms with van der Waals surface area (Å²) in [6.45, 7) is 4.75. The normalized spacial score (nSPS) is 16.3. The van der Waals surface area contributed by atoms with Gasteiger partial charge in [0.2, 0.25) is 7.37 Å². The summed E-state index contributed by atoms with van der Waals surface area (Å²) in [4.78, 5) is 10.8. The fourth-order valence-electron chi connectivity index (χ4n) is 3.08. The van der Waals surface area contributed by atoms with Gasteiger partial charge in [0.1, 0.15) is 5.78 Å². The lowest BCUT2D eigenvalue weighted by Crippen LogP contribution is -2.23. The third-order valence-electron chi connectivity index (χ3n) is 4.22. The topological polar surface area (TPSA) is 49.3 Å². The van der Waals surface area contributed by atoms with Crippen LogP contribution in [0.15, 0.2) is 60.7 Å². The van der Waals surface area contributed by atoms with E-state index in [1.54, 1.807) is 0 Å². The lowest BCUT2D eigenvalue weighted by Gasteiger charge is -2.27. The van der Waals surface area contributed by atoms with Gasteiger partial charge >= 0.3 is 0 Å². The second-order valence-corrected chi connectivity index (χ2v) is 8.90.